The minimum Gasteiger partial charge on any atom is -0.378 e. The predicted molar refractivity (Wildman–Crippen MR) is 84.3 cm³/mol. The maximum atomic E-state index is 11.8. The molecule has 1 N–H and O–H groups in total. The van der Waals surface area contributed by atoms with E-state index >= 15 is 0 Å². The van der Waals surface area contributed by atoms with Crippen molar-refractivity contribution in [2.45, 2.75) is 25.8 Å². The second-order valence-electron chi connectivity index (χ2n) is 5.35. The lowest BCUT2D eigenvalue weighted by Gasteiger charge is -2.19. The molecule has 1 fully saturated rings. The predicted octanol–water partition coefficient (Wildman–Crippen LogP) is 3.38. The number of hydrogen-bond acceptors (Lipinski definition) is 3. The zero-order chi connectivity index (χ0) is 14.7. The summed E-state index contributed by atoms with van der Waals surface area (Å²) in [4.78, 5) is 17.7. The smallest absolute Gasteiger partial charge is 0.227 e. The zero-order valence-corrected chi connectivity index (χ0v) is 12.1. The molecule has 108 valence electrons. The standard InChI is InChI=1S/C17H19N3O/c1-13(14-7-9-18-10-8-14)19-15-4-2-5-16(12-15)20-11-3-6-17(20)21/h2,4-5,7-10,12-13,19H,3,6,11H2,1H3. The number of anilines is 2. The Labute approximate surface area is 124 Å². The van der Waals surface area contributed by atoms with Crippen molar-refractivity contribution in [3.8, 4) is 0 Å². The van der Waals surface area contributed by atoms with Gasteiger partial charge in [0.05, 0.1) is 0 Å². The van der Waals surface area contributed by atoms with Gasteiger partial charge >= 0.3 is 0 Å². The van der Waals surface area contributed by atoms with Crippen molar-refractivity contribution in [2.24, 2.45) is 0 Å². The normalized spacial score (nSPS) is 16.0. The summed E-state index contributed by atoms with van der Waals surface area (Å²) in [6, 6.07) is 12.3. The van der Waals surface area contributed by atoms with E-state index < -0.39 is 0 Å². The van der Waals surface area contributed by atoms with Crippen molar-refractivity contribution in [1.82, 2.24) is 4.98 Å². The van der Waals surface area contributed by atoms with Crippen molar-refractivity contribution in [1.29, 1.82) is 0 Å². The van der Waals surface area contributed by atoms with Gasteiger partial charge in [0.15, 0.2) is 0 Å². The van der Waals surface area contributed by atoms with E-state index in [0.29, 0.717) is 6.42 Å². The fourth-order valence-electron chi connectivity index (χ4n) is 2.67. The maximum absolute atomic E-state index is 11.8. The van der Waals surface area contributed by atoms with Gasteiger partial charge in [-0.2, -0.15) is 0 Å². The molecule has 0 bridgehead atoms. The maximum Gasteiger partial charge on any atom is 0.227 e. The fraction of sp³-hybridized carbons (Fsp3) is 0.294. The van der Waals surface area contributed by atoms with Crippen LogP contribution in [0, 0.1) is 0 Å². The van der Waals surface area contributed by atoms with E-state index in [2.05, 4.69) is 17.2 Å². The molecule has 1 saturated heterocycles. The molecule has 1 aromatic carbocycles. The summed E-state index contributed by atoms with van der Waals surface area (Å²) < 4.78 is 0. The van der Waals surface area contributed by atoms with Crippen LogP contribution in [0.4, 0.5) is 11.4 Å². The summed E-state index contributed by atoms with van der Waals surface area (Å²) in [5.74, 6) is 0.217. The van der Waals surface area contributed by atoms with E-state index in [1.165, 1.54) is 5.56 Å². The van der Waals surface area contributed by atoms with Gasteiger partial charge < -0.3 is 10.2 Å². The molecule has 1 aliphatic heterocycles. The Morgan fingerprint density at radius 1 is 1.24 bits per heavy atom. The number of carbonyl (C=O) groups is 1. The number of aromatic nitrogens is 1. The molecule has 0 saturated carbocycles. The first kappa shape index (κ1) is 13.6. The van der Waals surface area contributed by atoms with Crippen LogP contribution in [0.15, 0.2) is 48.8 Å². The average molecular weight is 281 g/mol. The number of nitrogens with zero attached hydrogens (tertiary/aromatic N) is 2. The highest BCUT2D eigenvalue weighted by atomic mass is 16.2. The van der Waals surface area contributed by atoms with Crippen LogP contribution in [0.1, 0.15) is 31.4 Å². The van der Waals surface area contributed by atoms with Crippen LogP contribution in [-0.4, -0.2) is 17.4 Å². The highest BCUT2D eigenvalue weighted by Crippen LogP contribution is 2.26. The Balaban J connectivity index is 1.76. The third kappa shape index (κ3) is 3.05. The monoisotopic (exact) mass is 281 g/mol. The molecular weight excluding hydrogens is 262 g/mol. The van der Waals surface area contributed by atoms with Crippen molar-refractivity contribution >= 4 is 17.3 Å². The lowest BCUT2D eigenvalue weighted by molar-refractivity contribution is -0.117. The lowest BCUT2D eigenvalue weighted by atomic mass is 10.1. The molecule has 21 heavy (non-hydrogen) atoms. The van der Waals surface area contributed by atoms with Gasteiger partial charge in [-0.3, -0.25) is 9.78 Å². The molecule has 1 amide bonds. The quantitative estimate of drug-likeness (QED) is 0.934. The van der Waals surface area contributed by atoms with Gasteiger partial charge in [-0.05, 0) is 49.2 Å². The van der Waals surface area contributed by atoms with E-state index in [1.54, 1.807) is 12.4 Å². The van der Waals surface area contributed by atoms with E-state index in [9.17, 15) is 4.79 Å². The number of hydrogen-bond donors (Lipinski definition) is 1. The first-order valence-corrected chi connectivity index (χ1v) is 7.31. The van der Waals surface area contributed by atoms with Gasteiger partial charge in [0.2, 0.25) is 5.91 Å². The first-order chi connectivity index (χ1) is 10.2. The van der Waals surface area contributed by atoms with Crippen molar-refractivity contribution in [3.63, 3.8) is 0 Å². The van der Waals surface area contributed by atoms with Gasteiger partial charge in [-0.1, -0.05) is 6.07 Å². The molecule has 0 radical (unpaired) electrons. The summed E-state index contributed by atoms with van der Waals surface area (Å²) in [6.07, 6.45) is 5.20. The fourth-order valence-corrected chi connectivity index (χ4v) is 2.67. The Bertz CT molecular complexity index is 627. The summed E-state index contributed by atoms with van der Waals surface area (Å²) in [6.45, 7) is 2.94. The minimum absolute atomic E-state index is 0.192. The summed E-state index contributed by atoms with van der Waals surface area (Å²) in [7, 11) is 0. The number of nitrogens with one attached hydrogen (secondary N) is 1. The van der Waals surface area contributed by atoms with E-state index in [1.807, 2.05) is 41.3 Å². The molecule has 3 rings (SSSR count). The van der Waals surface area contributed by atoms with Gasteiger partial charge in [-0.25, -0.2) is 0 Å². The van der Waals surface area contributed by atoms with Crippen molar-refractivity contribution in [2.75, 3.05) is 16.8 Å². The molecule has 0 aliphatic carbocycles. The molecule has 0 spiro atoms. The van der Waals surface area contributed by atoms with Gasteiger partial charge in [0.1, 0.15) is 0 Å². The second kappa shape index (κ2) is 5.95. The van der Waals surface area contributed by atoms with Gasteiger partial charge in [0, 0.05) is 42.8 Å². The Morgan fingerprint density at radius 2 is 2.05 bits per heavy atom. The second-order valence-corrected chi connectivity index (χ2v) is 5.35. The first-order valence-electron chi connectivity index (χ1n) is 7.31. The van der Waals surface area contributed by atoms with E-state index in [4.69, 9.17) is 0 Å². The largest absolute Gasteiger partial charge is 0.378 e. The van der Waals surface area contributed by atoms with Crippen molar-refractivity contribution < 1.29 is 4.79 Å². The van der Waals surface area contributed by atoms with Crippen LogP contribution in [0.2, 0.25) is 0 Å². The number of rotatable bonds is 4. The number of pyridine rings is 1. The van der Waals surface area contributed by atoms with E-state index in [-0.39, 0.29) is 11.9 Å². The topological polar surface area (TPSA) is 45.2 Å². The highest BCUT2D eigenvalue weighted by Gasteiger charge is 2.21. The van der Waals surface area contributed by atoms with Gasteiger partial charge in [-0.15, -0.1) is 0 Å². The molecule has 4 heteroatoms. The molecule has 1 unspecified atom stereocenters. The Hall–Kier alpha value is -2.36. The third-order valence-corrected chi connectivity index (χ3v) is 3.82. The molecule has 1 atom stereocenters. The van der Waals surface area contributed by atoms with Crippen LogP contribution in [0.5, 0.6) is 0 Å². The highest BCUT2D eigenvalue weighted by molar-refractivity contribution is 5.95. The summed E-state index contributed by atoms with van der Waals surface area (Å²) >= 11 is 0. The minimum atomic E-state index is 0.192. The molecule has 4 nitrogen and oxygen atoms in total. The van der Waals surface area contributed by atoms with Crippen LogP contribution in [-0.2, 0) is 4.79 Å². The van der Waals surface area contributed by atoms with E-state index in [0.717, 1.165) is 24.3 Å². The van der Waals surface area contributed by atoms with Crippen LogP contribution < -0.4 is 10.2 Å². The molecule has 2 aromatic rings. The number of benzene rings is 1. The third-order valence-electron chi connectivity index (χ3n) is 3.82. The summed E-state index contributed by atoms with van der Waals surface area (Å²) in [5.41, 5.74) is 3.19. The Kier molecular flexibility index (Phi) is 3.86. The van der Waals surface area contributed by atoms with Crippen LogP contribution in [0.3, 0.4) is 0 Å². The molecule has 1 aliphatic rings. The van der Waals surface area contributed by atoms with Crippen LogP contribution >= 0.6 is 0 Å². The van der Waals surface area contributed by atoms with Crippen LogP contribution in [0.25, 0.3) is 0 Å². The molecule has 1 aromatic heterocycles. The lowest BCUT2D eigenvalue weighted by Crippen LogP contribution is -2.23. The average Bonchev–Trinajstić information content (AvgIpc) is 2.94. The van der Waals surface area contributed by atoms with Crippen molar-refractivity contribution in [3.05, 3.63) is 54.4 Å². The number of carbonyl (C=O) groups excluding carboxylic acids is 1. The molecular formula is C17H19N3O. The SMILES string of the molecule is CC(Nc1cccc(N2CCCC2=O)c1)c1ccncc1. The van der Waals surface area contributed by atoms with Gasteiger partial charge in [0.25, 0.3) is 0 Å². The zero-order valence-electron chi connectivity index (χ0n) is 12.1. The molecule has 2 heterocycles. The Morgan fingerprint density at radius 3 is 2.76 bits per heavy atom. The number of amides is 1. The summed E-state index contributed by atoms with van der Waals surface area (Å²) in [5, 5.41) is 3.47.